The van der Waals surface area contributed by atoms with E-state index in [4.69, 9.17) is 4.74 Å². The lowest BCUT2D eigenvalue weighted by atomic mass is 10.3. The van der Waals surface area contributed by atoms with E-state index in [1.54, 1.807) is 12.1 Å². The van der Waals surface area contributed by atoms with E-state index < -0.39 is 37.0 Å². The molecule has 0 aliphatic carbocycles. The van der Waals surface area contributed by atoms with Gasteiger partial charge in [0.2, 0.25) is 0 Å². The zero-order valence-corrected chi connectivity index (χ0v) is 16.5. The van der Waals surface area contributed by atoms with Gasteiger partial charge in [-0.05, 0) is 24.3 Å². The van der Waals surface area contributed by atoms with Crippen molar-refractivity contribution >= 4 is 41.3 Å². The first-order valence-electron chi connectivity index (χ1n) is 8.77. The summed E-state index contributed by atoms with van der Waals surface area (Å²) in [5.74, 6) is -1.83. The lowest BCUT2D eigenvalue weighted by Gasteiger charge is -2.14. The van der Waals surface area contributed by atoms with E-state index in [9.17, 15) is 19.2 Å². The summed E-state index contributed by atoms with van der Waals surface area (Å²) in [6, 6.07) is 16.4. The molecule has 8 nitrogen and oxygen atoms in total. The fourth-order valence-electron chi connectivity index (χ4n) is 2.61. The zero-order chi connectivity index (χ0) is 20.8. The molecule has 0 saturated carbocycles. The highest BCUT2D eigenvalue weighted by atomic mass is 32.2. The van der Waals surface area contributed by atoms with Crippen molar-refractivity contribution in [1.29, 1.82) is 0 Å². The maximum Gasteiger partial charge on any atom is 0.327 e. The van der Waals surface area contributed by atoms with E-state index in [0.717, 1.165) is 14.7 Å². The minimum atomic E-state index is -0.830. The third kappa shape index (κ3) is 5.35. The first-order chi connectivity index (χ1) is 13.9. The second-order valence-electron chi connectivity index (χ2n) is 6.24. The number of hydrogen-bond donors (Lipinski definition) is 1. The summed E-state index contributed by atoms with van der Waals surface area (Å²) < 4.78 is 4.91. The van der Waals surface area contributed by atoms with E-state index in [-0.39, 0.29) is 6.54 Å². The van der Waals surface area contributed by atoms with Crippen molar-refractivity contribution in [1.82, 2.24) is 9.80 Å². The number of benzene rings is 2. The Balaban J connectivity index is 1.53. The Morgan fingerprint density at radius 1 is 1.07 bits per heavy atom. The molecular formula is C20H19N3O5S. The molecule has 0 spiro atoms. The highest BCUT2D eigenvalue weighted by molar-refractivity contribution is 7.99. The molecule has 1 N–H and O–H groups in total. The third-order valence-electron chi connectivity index (χ3n) is 4.01. The van der Waals surface area contributed by atoms with Crippen molar-refractivity contribution in [3.63, 3.8) is 0 Å². The van der Waals surface area contributed by atoms with Crippen LogP contribution in [0.4, 0.5) is 10.5 Å². The number of anilines is 1. The molecular weight excluding hydrogens is 394 g/mol. The lowest BCUT2D eigenvalue weighted by Crippen LogP contribution is -2.37. The number of ether oxygens (including phenoxy) is 1. The summed E-state index contributed by atoms with van der Waals surface area (Å²) in [6.45, 7) is -1.12. The van der Waals surface area contributed by atoms with Gasteiger partial charge in [-0.1, -0.05) is 42.1 Å². The van der Waals surface area contributed by atoms with Crippen LogP contribution in [0.1, 0.15) is 0 Å². The van der Waals surface area contributed by atoms with Crippen molar-refractivity contribution in [2.45, 2.75) is 9.79 Å². The van der Waals surface area contributed by atoms with Crippen molar-refractivity contribution in [3.8, 4) is 0 Å². The van der Waals surface area contributed by atoms with Crippen molar-refractivity contribution < 1.29 is 23.9 Å². The third-order valence-corrected chi connectivity index (χ3v) is 5.10. The van der Waals surface area contributed by atoms with Crippen LogP contribution in [0.5, 0.6) is 0 Å². The number of rotatable bonds is 7. The summed E-state index contributed by atoms with van der Waals surface area (Å²) in [7, 11) is 1.46. The number of esters is 1. The van der Waals surface area contributed by atoms with Gasteiger partial charge in [0.15, 0.2) is 6.61 Å². The molecule has 3 rings (SSSR count). The molecule has 4 amide bonds. The number of likely N-dealkylation sites (N-methyl/N-ethyl adjacent to an activating group) is 1. The summed E-state index contributed by atoms with van der Waals surface area (Å²) in [4.78, 5) is 51.4. The van der Waals surface area contributed by atoms with Crippen LogP contribution in [0, 0.1) is 0 Å². The summed E-state index contributed by atoms with van der Waals surface area (Å²) in [5, 5.41) is 2.71. The smallest absolute Gasteiger partial charge is 0.327 e. The molecule has 0 unspecified atom stereocenters. The van der Waals surface area contributed by atoms with Crippen LogP contribution in [0.2, 0.25) is 0 Å². The normalized spacial score (nSPS) is 13.6. The molecule has 9 heteroatoms. The van der Waals surface area contributed by atoms with Gasteiger partial charge in [0.1, 0.15) is 13.1 Å². The SMILES string of the molecule is CN1CC(=O)N(CC(=O)OCC(=O)Nc2ccccc2Sc2ccccc2)C1=O. The first kappa shape index (κ1) is 20.4. The van der Waals surface area contributed by atoms with Crippen LogP contribution in [0.3, 0.4) is 0 Å². The molecule has 150 valence electrons. The highest BCUT2D eigenvalue weighted by Gasteiger charge is 2.35. The van der Waals surface area contributed by atoms with Crippen molar-refractivity contribution in [2.24, 2.45) is 0 Å². The second kappa shape index (κ2) is 9.24. The van der Waals surface area contributed by atoms with Gasteiger partial charge < -0.3 is 15.0 Å². The molecule has 29 heavy (non-hydrogen) atoms. The van der Waals surface area contributed by atoms with Crippen LogP contribution in [0.25, 0.3) is 0 Å². The molecule has 2 aromatic rings. The molecule has 0 radical (unpaired) electrons. The van der Waals surface area contributed by atoms with Crippen LogP contribution in [-0.4, -0.2) is 60.4 Å². The Labute approximate surface area is 171 Å². The predicted molar refractivity (Wildman–Crippen MR) is 106 cm³/mol. The van der Waals surface area contributed by atoms with Crippen LogP contribution >= 0.6 is 11.8 Å². The Kier molecular flexibility index (Phi) is 6.50. The molecule has 0 atom stereocenters. The van der Waals surface area contributed by atoms with Gasteiger partial charge in [-0.25, -0.2) is 4.79 Å². The van der Waals surface area contributed by atoms with Crippen LogP contribution in [-0.2, 0) is 19.1 Å². The maximum atomic E-state index is 12.2. The van der Waals surface area contributed by atoms with E-state index in [0.29, 0.717) is 5.69 Å². The fraction of sp³-hybridized carbons (Fsp3) is 0.200. The average Bonchev–Trinajstić information content (AvgIpc) is 2.95. The van der Waals surface area contributed by atoms with Gasteiger partial charge in [0.05, 0.1) is 5.69 Å². The van der Waals surface area contributed by atoms with Gasteiger partial charge in [0, 0.05) is 16.8 Å². The van der Waals surface area contributed by atoms with Gasteiger partial charge in [-0.3, -0.25) is 19.3 Å². The molecule has 1 fully saturated rings. The molecule has 1 aliphatic rings. The zero-order valence-electron chi connectivity index (χ0n) is 15.7. The van der Waals surface area contributed by atoms with Gasteiger partial charge in [0.25, 0.3) is 11.8 Å². The number of hydrogen-bond acceptors (Lipinski definition) is 6. The fourth-order valence-corrected chi connectivity index (χ4v) is 3.53. The number of nitrogens with one attached hydrogen (secondary N) is 1. The van der Waals surface area contributed by atoms with Gasteiger partial charge in [-0.15, -0.1) is 0 Å². The number of para-hydroxylation sites is 1. The van der Waals surface area contributed by atoms with Gasteiger partial charge in [-0.2, -0.15) is 0 Å². The molecule has 1 saturated heterocycles. The molecule has 1 aliphatic heterocycles. The van der Waals surface area contributed by atoms with E-state index in [1.165, 1.54) is 23.7 Å². The number of carbonyl (C=O) groups is 4. The van der Waals surface area contributed by atoms with Crippen molar-refractivity contribution in [2.75, 3.05) is 32.1 Å². The molecule has 2 aromatic carbocycles. The Bertz CT molecular complexity index is 935. The van der Waals surface area contributed by atoms with Crippen molar-refractivity contribution in [3.05, 3.63) is 54.6 Å². The van der Waals surface area contributed by atoms with E-state index in [2.05, 4.69) is 5.32 Å². The lowest BCUT2D eigenvalue weighted by molar-refractivity contribution is -0.149. The number of amides is 4. The second-order valence-corrected chi connectivity index (χ2v) is 7.35. The summed E-state index contributed by atoms with van der Waals surface area (Å²) in [6.07, 6.45) is 0. The van der Waals surface area contributed by atoms with E-state index in [1.807, 2.05) is 42.5 Å². The first-order valence-corrected chi connectivity index (χ1v) is 9.58. The maximum absolute atomic E-state index is 12.2. The Morgan fingerprint density at radius 2 is 1.76 bits per heavy atom. The topological polar surface area (TPSA) is 96.0 Å². The quantitative estimate of drug-likeness (QED) is 0.552. The largest absolute Gasteiger partial charge is 0.454 e. The minimum absolute atomic E-state index is 0.0809. The highest BCUT2D eigenvalue weighted by Crippen LogP contribution is 2.33. The van der Waals surface area contributed by atoms with Gasteiger partial charge >= 0.3 is 12.0 Å². The minimum Gasteiger partial charge on any atom is -0.454 e. The standard InChI is InChI=1S/C20H19N3O5S/c1-22-11-18(25)23(20(22)27)12-19(26)28-13-17(24)21-15-9-5-6-10-16(15)29-14-7-3-2-4-8-14/h2-10H,11-13H2,1H3,(H,21,24). The Hall–Kier alpha value is -3.33. The number of imide groups is 1. The average molecular weight is 413 g/mol. The summed E-state index contributed by atoms with van der Waals surface area (Å²) >= 11 is 1.49. The predicted octanol–water partition coefficient (Wildman–Crippen LogP) is 2.21. The number of nitrogens with zero attached hydrogens (tertiary/aromatic N) is 2. The monoisotopic (exact) mass is 413 g/mol. The Morgan fingerprint density at radius 3 is 2.45 bits per heavy atom. The van der Waals surface area contributed by atoms with Crippen LogP contribution in [0.15, 0.2) is 64.4 Å². The summed E-state index contributed by atoms with van der Waals surface area (Å²) in [5.41, 5.74) is 0.592. The van der Waals surface area contributed by atoms with Crippen LogP contribution < -0.4 is 5.32 Å². The molecule has 1 heterocycles. The molecule has 0 bridgehead atoms. The number of urea groups is 1. The number of carbonyl (C=O) groups excluding carboxylic acids is 4. The van der Waals surface area contributed by atoms with E-state index >= 15 is 0 Å². The molecule has 0 aromatic heterocycles.